The predicted molar refractivity (Wildman–Crippen MR) is 75.6 cm³/mol. The lowest BCUT2D eigenvalue weighted by Gasteiger charge is -2.08. The number of benzene rings is 1. The molecule has 0 aliphatic rings. The van der Waals surface area contributed by atoms with Gasteiger partial charge in [-0.05, 0) is 31.5 Å². The van der Waals surface area contributed by atoms with Gasteiger partial charge in [-0.1, -0.05) is 6.07 Å². The van der Waals surface area contributed by atoms with Crippen LogP contribution in [0.4, 0.5) is 5.82 Å². The molecule has 0 saturated carbocycles. The number of carboxylic acid groups (broad SMARTS) is 1. The van der Waals surface area contributed by atoms with Crippen molar-refractivity contribution in [1.82, 2.24) is 9.78 Å². The van der Waals surface area contributed by atoms with Crippen molar-refractivity contribution in [3.8, 4) is 5.69 Å². The summed E-state index contributed by atoms with van der Waals surface area (Å²) < 4.78 is 6.19. The van der Waals surface area contributed by atoms with E-state index in [9.17, 15) is 9.59 Å². The van der Waals surface area contributed by atoms with E-state index in [4.69, 9.17) is 15.6 Å². The van der Waals surface area contributed by atoms with Crippen molar-refractivity contribution in [2.75, 3.05) is 12.3 Å². The SMILES string of the molecule is CCOC(=O)c1cc(N)n(-c2cc(C(=O)O)ccc2C)n1. The van der Waals surface area contributed by atoms with Crippen LogP contribution in [-0.4, -0.2) is 33.4 Å². The molecule has 0 bridgehead atoms. The summed E-state index contributed by atoms with van der Waals surface area (Å²) in [6.45, 7) is 3.73. The molecule has 0 aliphatic carbocycles. The van der Waals surface area contributed by atoms with Gasteiger partial charge < -0.3 is 15.6 Å². The van der Waals surface area contributed by atoms with Crippen LogP contribution in [0.25, 0.3) is 5.69 Å². The Morgan fingerprint density at radius 2 is 2.10 bits per heavy atom. The number of rotatable bonds is 4. The van der Waals surface area contributed by atoms with Gasteiger partial charge in [0.2, 0.25) is 0 Å². The molecule has 1 heterocycles. The van der Waals surface area contributed by atoms with Gasteiger partial charge in [0.15, 0.2) is 5.69 Å². The van der Waals surface area contributed by atoms with E-state index in [2.05, 4.69) is 5.10 Å². The Balaban J connectivity index is 2.49. The lowest BCUT2D eigenvalue weighted by atomic mass is 10.1. The van der Waals surface area contributed by atoms with Crippen LogP contribution >= 0.6 is 0 Å². The highest BCUT2D eigenvalue weighted by Gasteiger charge is 2.16. The summed E-state index contributed by atoms with van der Waals surface area (Å²) in [5, 5.41) is 13.1. The minimum absolute atomic E-state index is 0.0782. The summed E-state index contributed by atoms with van der Waals surface area (Å²) in [5.41, 5.74) is 7.33. The molecule has 0 radical (unpaired) electrons. The van der Waals surface area contributed by atoms with Crippen LogP contribution in [0, 0.1) is 6.92 Å². The molecule has 0 atom stereocenters. The van der Waals surface area contributed by atoms with E-state index in [0.717, 1.165) is 5.56 Å². The first-order valence-electron chi connectivity index (χ1n) is 6.31. The standard InChI is InChI=1S/C14H15N3O4/c1-3-21-14(20)10-7-12(15)17(16-10)11-6-9(13(18)19)5-4-8(11)2/h4-7H,3,15H2,1-2H3,(H,18,19). The van der Waals surface area contributed by atoms with Crippen LogP contribution < -0.4 is 5.73 Å². The van der Waals surface area contributed by atoms with Gasteiger partial charge in [0.05, 0.1) is 17.9 Å². The summed E-state index contributed by atoms with van der Waals surface area (Å²) in [4.78, 5) is 22.7. The summed E-state index contributed by atoms with van der Waals surface area (Å²) in [5.74, 6) is -1.40. The maximum absolute atomic E-state index is 11.7. The normalized spacial score (nSPS) is 10.4. The van der Waals surface area contributed by atoms with Crippen molar-refractivity contribution in [2.45, 2.75) is 13.8 Å². The number of nitrogens with two attached hydrogens (primary N) is 1. The second-order valence-electron chi connectivity index (χ2n) is 4.39. The van der Waals surface area contributed by atoms with E-state index in [1.54, 1.807) is 19.9 Å². The van der Waals surface area contributed by atoms with Crippen LogP contribution in [-0.2, 0) is 4.74 Å². The van der Waals surface area contributed by atoms with Gasteiger partial charge in [-0.2, -0.15) is 5.10 Å². The minimum Gasteiger partial charge on any atom is -0.478 e. The molecule has 7 nitrogen and oxygen atoms in total. The first-order valence-corrected chi connectivity index (χ1v) is 6.31. The third-order valence-electron chi connectivity index (χ3n) is 2.91. The fourth-order valence-corrected chi connectivity index (χ4v) is 1.86. The number of esters is 1. The molecular formula is C14H15N3O4. The van der Waals surface area contributed by atoms with Crippen molar-refractivity contribution >= 4 is 17.8 Å². The first kappa shape index (κ1) is 14.6. The number of nitrogen functional groups attached to an aromatic ring is 1. The fraction of sp³-hybridized carbons (Fsp3) is 0.214. The minimum atomic E-state index is -1.05. The zero-order valence-corrected chi connectivity index (χ0v) is 11.7. The monoisotopic (exact) mass is 289 g/mol. The molecule has 1 aromatic heterocycles. The fourth-order valence-electron chi connectivity index (χ4n) is 1.86. The van der Waals surface area contributed by atoms with Gasteiger partial charge in [-0.15, -0.1) is 0 Å². The van der Waals surface area contributed by atoms with E-state index < -0.39 is 11.9 Å². The molecule has 110 valence electrons. The highest BCUT2D eigenvalue weighted by molar-refractivity contribution is 5.89. The van der Waals surface area contributed by atoms with Crippen molar-refractivity contribution in [2.24, 2.45) is 0 Å². The number of carbonyl (C=O) groups excluding carboxylic acids is 1. The smallest absolute Gasteiger partial charge is 0.358 e. The number of anilines is 1. The van der Waals surface area contributed by atoms with Gasteiger partial charge in [0.1, 0.15) is 5.82 Å². The first-order chi connectivity index (χ1) is 9.93. The summed E-state index contributed by atoms with van der Waals surface area (Å²) in [7, 11) is 0. The highest BCUT2D eigenvalue weighted by Crippen LogP contribution is 2.20. The summed E-state index contributed by atoms with van der Waals surface area (Å²) in [6, 6.07) is 6.00. The second kappa shape index (κ2) is 5.66. The number of hydrogen-bond donors (Lipinski definition) is 2. The maximum Gasteiger partial charge on any atom is 0.358 e. The molecule has 21 heavy (non-hydrogen) atoms. The van der Waals surface area contributed by atoms with E-state index in [1.807, 2.05) is 0 Å². The molecule has 0 amide bonds. The third-order valence-corrected chi connectivity index (χ3v) is 2.91. The van der Waals surface area contributed by atoms with Gasteiger partial charge in [-0.3, -0.25) is 0 Å². The highest BCUT2D eigenvalue weighted by atomic mass is 16.5. The van der Waals surface area contributed by atoms with Crippen LogP contribution in [0.2, 0.25) is 0 Å². The Hall–Kier alpha value is -2.83. The maximum atomic E-state index is 11.7. The van der Waals surface area contributed by atoms with Crippen LogP contribution in [0.1, 0.15) is 33.3 Å². The molecule has 0 aliphatic heterocycles. The molecule has 3 N–H and O–H groups in total. The topological polar surface area (TPSA) is 107 Å². The number of carboxylic acids is 1. The van der Waals surface area contributed by atoms with Crippen molar-refractivity contribution in [3.63, 3.8) is 0 Å². The zero-order valence-electron chi connectivity index (χ0n) is 11.7. The number of hydrogen-bond acceptors (Lipinski definition) is 5. The van der Waals surface area contributed by atoms with Crippen LogP contribution in [0.5, 0.6) is 0 Å². The molecule has 0 saturated heterocycles. The summed E-state index contributed by atoms with van der Waals surface area (Å²) in [6.07, 6.45) is 0. The lowest BCUT2D eigenvalue weighted by Crippen LogP contribution is -2.09. The molecule has 0 unspecified atom stereocenters. The lowest BCUT2D eigenvalue weighted by molar-refractivity contribution is 0.0518. The number of aromatic nitrogens is 2. The predicted octanol–water partition coefficient (Wildman–Crippen LogP) is 1.64. The number of nitrogens with zero attached hydrogens (tertiary/aromatic N) is 2. The van der Waals surface area contributed by atoms with Gasteiger partial charge in [0, 0.05) is 6.07 Å². The second-order valence-corrected chi connectivity index (χ2v) is 4.39. The van der Waals surface area contributed by atoms with Gasteiger partial charge in [0.25, 0.3) is 0 Å². The van der Waals surface area contributed by atoms with E-state index in [1.165, 1.54) is 22.9 Å². The van der Waals surface area contributed by atoms with Crippen molar-refractivity contribution in [3.05, 3.63) is 41.1 Å². The molecule has 7 heteroatoms. The Morgan fingerprint density at radius 3 is 2.71 bits per heavy atom. The zero-order chi connectivity index (χ0) is 15.6. The average Bonchev–Trinajstić information content (AvgIpc) is 2.81. The van der Waals surface area contributed by atoms with E-state index in [0.29, 0.717) is 5.69 Å². The quantitative estimate of drug-likeness (QED) is 0.828. The molecule has 2 rings (SSSR count). The number of carbonyl (C=O) groups is 2. The van der Waals surface area contributed by atoms with Gasteiger partial charge in [-0.25, -0.2) is 14.3 Å². The van der Waals surface area contributed by atoms with Crippen LogP contribution in [0.15, 0.2) is 24.3 Å². The Kier molecular flexibility index (Phi) is 3.93. The van der Waals surface area contributed by atoms with Crippen molar-refractivity contribution in [1.29, 1.82) is 0 Å². The average molecular weight is 289 g/mol. The summed E-state index contributed by atoms with van der Waals surface area (Å²) >= 11 is 0. The van der Waals surface area contributed by atoms with Gasteiger partial charge >= 0.3 is 11.9 Å². The number of aryl methyl sites for hydroxylation is 1. The molecule has 2 aromatic rings. The largest absolute Gasteiger partial charge is 0.478 e. The Labute approximate surface area is 120 Å². The number of aromatic carboxylic acids is 1. The number of ether oxygens (including phenoxy) is 1. The Bertz CT molecular complexity index is 706. The molecule has 0 spiro atoms. The molecule has 0 fully saturated rings. The Morgan fingerprint density at radius 1 is 1.38 bits per heavy atom. The van der Waals surface area contributed by atoms with Crippen LogP contribution in [0.3, 0.4) is 0 Å². The van der Waals surface area contributed by atoms with Crippen molar-refractivity contribution < 1.29 is 19.4 Å². The van der Waals surface area contributed by atoms with E-state index in [-0.39, 0.29) is 23.7 Å². The molecule has 1 aromatic carbocycles. The molecular weight excluding hydrogens is 274 g/mol. The van der Waals surface area contributed by atoms with E-state index >= 15 is 0 Å². The third kappa shape index (κ3) is 2.86.